The van der Waals surface area contributed by atoms with E-state index in [9.17, 15) is 19.2 Å². The Bertz CT molecular complexity index is 1310. The third kappa shape index (κ3) is 3.83. The Morgan fingerprint density at radius 2 is 1.88 bits per heavy atom. The van der Waals surface area contributed by atoms with Gasteiger partial charge in [0.25, 0.3) is 0 Å². The summed E-state index contributed by atoms with van der Waals surface area (Å²) in [4.78, 5) is 53.0. The van der Waals surface area contributed by atoms with Gasteiger partial charge in [-0.2, -0.15) is 0 Å². The number of rotatable bonds is 4. The molecule has 2 aromatic rings. The molecule has 4 rings (SSSR count). The second-order valence-corrected chi connectivity index (χ2v) is 9.01. The fourth-order valence-electron chi connectivity index (χ4n) is 4.83. The normalized spacial score (nSPS) is 22.5. The van der Waals surface area contributed by atoms with Crippen molar-refractivity contribution in [2.24, 2.45) is 11.8 Å². The molecule has 0 unspecified atom stereocenters. The molecule has 0 amide bonds. The summed E-state index contributed by atoms with van der Waals surface area (Å²) in [5, 5.41) is 3.50. The zero-order chi connectivity index (χ0) is 24.7. The molecule has 0 fully saturated rings. The lowest BCUT2D eigenvalue weighted by atomic mass is 9.69. The Hall–Kier alpha value is -3.68. The van der Waals surface area contributed by atoms with Crippen LogP contribution in [0.4, 0.5) is 0 Å². The Morgan fingerprint density at radius 3 is 2.56 bits per heavy atom. The number of carbonyl (C=O) groups is 3. The number of allylic oxidation sites excluding steroid dienone is 3. The molecule has 0 bridgehead atoms. The van der Waals surface area contributed by atoms with Crippen LogP contribution in [0.15, 0.2) is 62.3 Å². The highest BCUT2D eigenvalue weighted by atomic mass is 16.5. The topological polar surface area (TPSA) is 112 Å². The molecule has 1 aliphatic heterocycles. The Kier molecular flexibility index (Phi) is 6.17. The standard InChI is InChI=1S/C26H27NO7/c1-12(2)34-26(31)20-14(4)27-17-10-13(3)19(25(30)32-5)24(29)22(17)21(20)16-11-33-18-9-7-6-8-15(18)23(16)28/h6-9,11-13,19,21,27H,10H2,1-5H3/t13-,19-,21-/m1/s1. The van der Waals surface area contributed by atoms with Crippen molar-refractivity contribution in [1.82, 2.24) is 5.32 Å². The molecular weight excluding hydrogens is 438 g/mol. The van der Waals surface area contributed by atoms with Crippen LogP contribution in [0.2, 0.25) is 0 Å². The molecule has 1 aromatic heterocycles. The van der Waals surface area contributed by atoms with E-state index in [2.05, 4.69) is 5.32 Å². The van der Waals surface area contributed by atoms with Gasteiger partial charge in [-0.3, -0.25) is 14.4 Å². The lowest BCUT2D eigenvalue weighted by Crippen LogP contribution is -2.44. The zero-order valence-electron chi connectivity index (χ0n) is 19.8. The van der Waals surface area contributed by atoms with Crippen LogP contribution in [0.5, 0.6) is 0 Å². The van der Waals surface area contributed by atoms with E-state index in [1.54, 1.807) is 52.0 Å². The number of ketones is 1. The van der Waals surface area contributed by atoms with E-state index in [0.29, 0.717) is 28.8 Å². The van der Waals surface area contributed by atoms with Crippen LogP contribution in [0.3, 0.4) is 0 Å². The monoisotopic (exact) mass is 465 g/mol. The second-order valence-electron chi connectivity index (χ2n) is 9.01. The number of esters is 2. The number of nitrogens with one attached hydrogen (secondary N) is 1. The highest BCUT2D eigenvalue weighted by molar-refractivity contribution is 6.12. The third-order valence-corrected chi connectivity index (χ3v) is 6.32. The largest absolute Gasteiger partial charge is 0.468 e. The number of methoxy groups -OCH3 is 1. The van der Waals surface area contributed by atoms with Crippen LogP contribution < -0.4 is 10.7 Å². The summed E-state index contributed by atoms with van der Waals surface area (Å²) in [6.45, 7) is 6.94. The molecule has 0 saturated carbocycles. The Balaban J connectivity index is 1.97. The van der Waals surface area contributed by atoms with E-state index >= 15 is 0 Å². The number of hydrogen-bond acceptors (Lipinski definition) is 8. The minimum Gasteiger partial charge on any atom is -0.468 e. The molecule has 2 heterocycles. The molecular formula is C26H27NO7. The first-order valence-corrected chi connectivity index (χ1v) is 11.2. The number of fused-ring (bicyclic) bond motifs is 1. The Labute approximate surface area is 196 Å². The smallest absolute Gasteiger partial charge is 0.337 e. The van der Waals surface area contributed by atoms with Gasteiger partial charge in [0.1, 0.15) is 11.5 Å². The van der Waals surface area contributed by atoms with Crippen molar-refractivity contribution >= 4 is 28.7 Å². The number of ether oxygens (including phenoxy) is 2. The summed E-state index contributed by atoms with van der Waals surface area (Å²) >= 11 is 0. The van der Waals surface area contributed by atoms with Crippen molar-refractivity contribution < 1.29 is 28.3 Å². The van der Waals surface area contributed by atoms with Gasteiger partial charge in [-0.25, -0.2) is 4.79 Å². The van der Waals surface area contributed by atoms with Gasteiger partial charge in [-0.05, 0) is 45.2 Å². The number of hydrogen-bond donors (Lipinski definition) is 1. The van der Waals surface area contributed by atoms with E-state index in [0.717, 1.165) is 0 Å². The van der Waals surface area contributed by atoms with E-state index < -0.39 is 35.7 Å². The van der Waals surface area contributed by atoms with Gasteiger partial charge in [-0.15, -0.1) is 0 Å². The second kappa shape index (κ2) is 8.93. The van der Waals surface area contributed by atoms with Crippen LogP contribution in [-0.2, 0) is 23.9 Å². The van der Waals surface area contributed by atoms with Crippen LogP contribution in [-0.4, -0.2) is 30.9 Å². The van der Waals surface area contributed by atoms with Crippen molar-refractivity contribution in [3.63, 3.8) is 0 Å². The molecule has 0 radical (unpaired) electrons. The van der Waals surface area contributed by atoms with Crippen molar-refractivity contribution in [1.29, 1.82) is 0 Å². The maximum Gasteiger partial charge on any atom is 0.337 e. The molecule has 8 heteroatoms. The molecule has 3 atom stereocenters. The van der Waals surface area contributed by atoms with Gasteiger partial charge >= 0.3 is 11.9 Å². The van der Waals surface area contributed by atoms with Crippen LogP contribution in [0.25, 0.3) is 11.0 Å². The highest BCUT2D eigenvalue weighted by Gasteiger charge is 2.48. The first kappa shape index (κ1) is 23.5. The van der Waals surface area contributed by atoms with Crippen molar-refractivity contribution in [2.75, 3.05) is 7.11 Å². The molecule has 8 nitrogen and oxygen atoms in total. The van der Waals surface area contributed by atoms with E-state index in [4.69, 9.17) is 13.9 Å². The van der Waals surface area contributed by atoms with E-state index in [1.165, 1.54) is 13.4 Å². The maximum atomic E-state index is 13.7. The van der Waals surface area contributed by atoms with Gasteiger partial charge in [-0.1, -0.05) is 19.1 Å². The van der Waals surface area contributed by atoms with E-state index in [-0.39, 0.29) is 28.1 Å². The number of dihydropyridines is 1. The van der Waals surface area contributed by atoms with Crippen LogP contribution in [0, 0.1) is 11.8 Å². The molecule has 1 N–H and O–H groups in total. The van der Waals surface area contributed by atoms with E-state index in [1.807, 2.05) is 0 Å². The van der Waals surface area contributed by atoms with Gasteiger partial charge < -0.3 is 19.2 Å². The summed E-state index contributed by atoms with van der Waals surface area (Å²) in [5.41, 5.74) is 1.56. The van der Waals surface area contributed by atoms with Crippen LogP contribution in [0.1, 0.15) is 45.6 Å². The van der Waals surface area contributed by atoms with Gasteiger partial charge in [0.2, 0.25) is 0 Å². The summed E-state index contributed by atoms with van der Waals surface area (Å²) in [5.74, 6) is -4.18. The average molecular weight is 466 g/mol. The molecule has 0 saturated heterocycles. The fraction of sp³-hybridized carbons (Fsp3) is 0.385. The first-order valence-electron chi connectivity index (χ1n) is 11.2. The molecule has 1 aromatic carbocycles. The predicted octanol–water partition coefficient (Wildman–Crippen LogP) is 3.36. The molecule has 0 spiro atoms. The lowest BCUT2D eigenvalue weighted by molar-refractivity contribution is -0.151. The first-order chi connectivity index (χ1) is 16.1. The Morgan fingerprint density at radius 1 is 1.18 bits per heavy atom. The quantitative estimate of drug-likeness (QED) is 0.540. The minimum atomic E-state index is -1.05. The summed E-state index contributed by atoms with van der Waals surface area (Å²) in [6.07, 6.45) is 1.25. The highest BCUT2D eigenvalue weighted by Crippen LogP contribution is 2.45. The van der Waals surface area contributed by atoms with Crippen molar-refractivity contribution in [3.8, 4) is 0 Å². The molecule has 1 aliphatic carbocycles. The average Bonchev–Trinajstić information content (AvgIpc) is 2.78. The zero-order valence-corrected chi connectivity index (χ0v) is 19.8. The van der Waals surface area contributed by atoms with Gasteiger partial charge in [0.15, 0.2) is 11.2 Å². The number of benzene rings is 1. The summed E-state index contributed by atoms with van der Waals surface area (Å²) < 4.78 is 16.1. The number of para-hydroxylation sites is 1. The van der Waals surface area contributed by atoms with Crippen molar-refractivity contribution in [2.45, 2.75) is 46.1 Å². The minimum absolute atomic E-state index is 0.134. The SMILES string of the molecule is COC(=O)[C@H]1C(=O)C2=C(C[C@H]1C)NC(C)=C(C(=O)OC(C)C)[C@H]2c1coc2ccccc2c1=O. The van der Waals surface area contributed by atoms with Crippen LogP contribution >= 0.6 is 0 Å². The third-order valence-electron chi connectivity index (χ3n) is 6.32. The fourth-order valence-corrected chi connectivity index (χ4v) is 4.83. The predicted molar refractivity (Wildman–Crippen MR) is 124 cm³/mol. The molecule has 2 aliphatic rings. The number of Topliss-reactive ketones (excluding diaryl/α,β-unsaturated/α-hetero) is 1. The number of carbonyl (C=O) groups excluding carboxylic acids is 3. The summed E-state index contributed by atoms with van der Waals surface area (Å²) in [7, 11) is 1.23. The van der Waals surface area contributed by atoms with Gasteiger partial charge in [0, 0.05) is 22.5 Å². The lowest BCUT2D eigenvalue weighted by Gasteiger charge is -2.38. The van der Waals surface area contributed by atoms with Gasteiger partial charge in [0.05, 0.1) is 36.4 Å². The molecule has 34 heavy (non-hydrogen) atoms. The van der Waals surface area contributed by atoms with Crippen molar-refractivity contribution in [3.05, 3.63) is 68.9 Å². The maximum absolute atomic E-state index is 13.7. The summed E-state index contributed by atoms with van der Waals surface area (Å²) in [6, 6.07) is 6.76. The molecule has 178 valence electrons.